The zero-order valence-electron chi connectivity index (χ0n) is 10.1. The molecule has 2 N–H and O–H groups in total. The number of methoxy groups -OCH3 is 1. The molecule has 1 fully saturated rings. The number of hydrogen-bond donors (Lipinski definition) is 1. The molecule has 0 aliphatic carbocycles. The zero-order valence-corrected chi connectivity index (χ0v) is 11.7. The van der Waals surface area contributed by atoms with Gasteiger partial charge in [-0.05, 0) is 24.1 Å². The molecule has 1 aromatic rings. The Morgan fingerprint density at radius 2 is 2.41 bits per heavy atom. The summed E-state index contributed by atoms with van der Waals surface area (Å²) in [4.78, 5) is 2.41. The molecule has 94 valence electrons. The van der Waals surface area contributed by atoms with Gasteiger partial charge in [0.05, 0.1) is 6.10 Å². The van der Waals surface area contributed by atoms with Gasteiger partial charge >= 0.3 is 0 Å². The first-order valence-corrected chi connectivity index (χ1v) is 6.76. The molecule has 0 bridgehead atoms. The van der Waals surface area contributed by atoms with Crippen molar-refractivity contribution in [2.24, 2.45) is 5.73 Å². The lowest BCUT2D eigenvalue weighted by atomic mass is 10.1. The first kappa shape index (κ1) is 13.0. The Balaban J connectivity index is 2.11. The highest BCUT2D eigenvalue weighted by Crippen LogP contribution is 2.26. The molecule has 0 saturated carbocycles. The summed E-state index contributed by atoms with van der Waals surface area (Å²) < 4.78 is 6.51. The second kappa shape index (κ2) is 5.96. The van der Waals surface area contributed by atoms with E-state index in [4.69, 9.17) is 10.5 Å². The number of hydrogen-bond acceptors (Lipinski definition) is 3. The van der Waals surface area contributed by atoms with Gasteiger partial charge in [0.2, 0.25) is 0 Å². The summed E-state index contributed by atoms with van der Waals surface area (Å²) in [5.74, 6) is 0. The molecule has 1 aliphatic rings. The van der Waals surface area contributed by atoms with Crippen LogP contribution in [0, 0.1) is 0 Å². The Morgan fingerprint density at radius 3 is 3.00 bits per heavy atom. The van der Waals surface area contributed by atoms with Crippen molar-refractivity contribution in [3.63, 3.8) is 0 Å². The monoisotopic (exact) mass is 298 g/mol. The summed E-state index contributed by atoms with van der Waals surface area (Å²) >= 11 is 3.51. The predicted octanol–water partition coefficient (Wildman–Crippen LogP) is 2.17. The van der Waals surface area contributed by atoms with E-state index in [-0.39, 0.29) is 0 Å². The molecule has 4 heteroatoms. The summed E-state index contributed by atoms with van der Waals surface area (Å²) in [5, 5.41) is 0. The van der Waals surface area contributed by atoms with Crippen LogP contribution in [0.4, 0.5) is 0 Å². The smallest absolute Gasteiger partial charge is 0.0710 e. The Hall–Kier alpha value is -0.420. The van der Waals surface area contributed by atoms with Crippen molar-refractivity contribution in [3.05, 3.63) is 34.3 Å². The maximum atomic E-state index is 5.92. The number of likely N-dealkylation sites (tertiary alicyclic amines) is 1. The van der Waals surface area contributed by atoms with Crippen molar-refractivity contribution in [2.75, 3.05) is 26.7 Å². The van der Waals surface area contributed by atoms with E-state index >= 15 is 0 Å². The predicted molar refractivity (Wildman–Crippen MR) is 72.9 cm³/mol. The second-order valence-electron chi connectivity index (χ2n) is 4.45. The van der Waals surface area contributed by atoms with E-state index in [0.29, 0.717) is 18.7 Å². The van der Waals surface area contributed by atoms with Crippen LogP contribution in [0.3, 0.4) is 0 Å². The van der Waals surface area contributed by atoms with Crippen LogP contribution >= 0.6 is 15.9 Å². The average Bonchev–Trinajstić information content (AvgIpc) is 2.79. The number of benzene rings is 1. The summed E-state index contributed by atoms with van der Waals surface area (Å²) in [6.45, 7) is 2.69. The molecule has 1 heterocycles. The van der Waals surface area contributed by atoms with E-state index in [1.807, 2.05) is 6.07 Å². The maximum absolute atomic E-state index is 5.92. The minimum Gasteiger partial charge on any atom is -0.380 e. The van der Waals surface area contributed by atoms with E-state index < -0.39 is 0 Å². The highest BCUT2D eigenvalue weighted by molar-refractivity contribution is 9.10. The fraction of sp³-hybridized carbons (Fsp3) is 0.538. The van der Waals surface area contributed by atoms with Gasteiger partial charge in [-0.3, -0.25) is 4.90 Å². The van der Waals surface area contributed by atoms with Crippen LogP contribution in [-0.4, -0.2) is 37.7 Å². The Kier molecular flexibility index (Phi) is 4.56. The van der Waals surface area contributed by atoms with Gasteiger partial charge in [0.15, 0.2) is 0 Å². The standard InChI is InChI=1S/C13H19BrN2O/c1-17-12-5-6-16(9-12)13(8-15)10-3-2-4-11(14)7-10/h2-4,7,12-13H,5-6,8-9,15H2,1H3. The topological polar surface area (TPSA) is 38.5 Å². The van der Waals surface area contributed by atoms with Crippen LogP contribution < -0.4 is 5.73 Å². The van der Waals surface area contributed by atoms with E-state index in [0.717, 1.165) is 24.0 Å². The quantitative estimate of drug-likeness (QED) is 0.926. The minimum atomic E-state index is 0.299. The van der Waals surface area contributed by atoms with Gasteiger partial charge in [-0.1, -0.05) is 28.1 Å². The van der Waals surface area contributed by atoms with E-state index in [2.05, 4.69) is 39.0 Å². The molecule has 0 amide bonds. The van der Waals surface area contributed by atoms with Gasteiger partial charge in [0, 0.05) is 37.3 Å². The fourth-order valence-corrected chi connectivity index (χ4v) is 2.86. The maximum Gasteiger partial charge on any atom is 0.0710 e. The lowest BCUT2D eigenvalue weighted by molar-refractivity contribution is 0.101. The van der Waals surface area contributed by atoms with Gasteiger partial charge in [0.1, 0.15) is 0 Å². The van der Waals surface area contributed by atoms with E-state index in [1.165, 1.54) is 5.56 Å². The van der Waals surface area contributed by atoms with Crippen molar-refractivity contribution < 1.29 is 4.74 Å². The van der Waals surface area contributed by atoms with Crippen LogP contribution in [-0.2, 0) is 4.74 Å². The van der Waals surface area contributed by atoms with Crippen LogP contribution in [0.25, 0.3) is 0 Å². The summed E-state index contributed by atoms with van der Waals surface area (Å²) in [6, 6.07) is 8.69. The van der Waals surface area contributed by atoms with Crippen LogP contribution in [0.2, 0.25) is 0 Å². The van der Waals surface area contributed by atoms with Crippen molar-refractivity contribution in [3.8, 4) is 0 Å². The molecule has 0 aromatic heterocycles. The van der Waals surface area contributed by atoms with E-state index in [1.54, 1.807) is 7.11 Å². The molecule has 1 saturated heterocycles. The molecular weight excluding hydrogens is 280 g/mol. The molecule has 2 atom stereocenters. The van der Waals surface area contributed by atoms with Crippen molar-refractivity contribution in [1.82, 2.24) is 4.90 Å². The molecule has 1 aliphatic heterocycles. The number of rotatable bonds is 4. The molecule has 0 radical (unpaired) electrons. The summed E-state index contributed by atoms with van der Waals surface area (Å²) in [5.41, 5.74) is 7.20. The lowest BCUT2D eigenvalue weighted by Gasteiger charge is -2.27. The van der Waals surface area contributed by atoms with Crippen molar-refractivity contribution >= 4 is 15.9 Å². The van der Waals surface area contributed by atoms with Crippen molar-refractivity contribution in [1.29, 1.82) is 0 Å². The third-order valence-electron chi connectivity index (χ3n) is 3.41. The highest BCUT2D eigenvalue weighted by atomic mass is 79.9. The molecule has 1 aromatic carbocycles. The SMILES string of the molecule is COC1CCN(C(CN)c2cccc(Br)c2)C1. The molecule has 2 unspecified atom stereocenters. The molecule has 0 spiro atoms. The van der Waals surface area contributed by atoms with Gasteiger partial charge in [-0.15, -0.1) is 0 Å². The summed E-state index contributed by atoms with van der Waals surface area (Å²) in [6.07, 6.45) is 1.46. The first-order valence-electron chi connectivity index (χ1n) is 5.97. The Labute approximate surface area is 111 Å². The third kappa shape index (κ3) is 3.07. The Morgan fingerprint density at radius 1 is 1.59 bits per heavy atom. The summed E-state index contributed by atoms with van der Waals surface area (Å²) in [7, 11) is 1.78. The lowest BCUT2D eigenvalue weighted by Crippen LogP contribution is -2.32. The number of nitrogens with two attached hydrogens (primary N) is 1. The number of ether oxygens (including phenoxy) is 1. The minimum absolute atomic E-state index is 0.299. The van der Waals surface area contributed by atoms with E-state index in [9.17, 15) is 0 Å². The third-order valence-corrected chi connectivity index (χ3v) is 3.90. The largest absolute Gasteiger partial charge is 0.380 e. The van der Waals surface area contributed by atoms with Crippen molar-refractivity contribution in [2.45, 2.75) is 18.6 Å². The van der Waals surface area contributed by atoms with Crippen LogP contribution in [0.5, 0.6) is 0 Å². The Bertz CT molecular complexity index is 372. The highest BCUT2D eigenvalue weighted by Gasteiger charge is 2.28. The fourth-order valence-electron chi connectivity index (χ4n) is 2.44. The number of halogens is 1. The zero-order chi connectivity index (χ0) is 12.3. The van der Waals surface area contributed by atoms with Gasteiger partial charge < -0.3 is 10.5 Å². The van der Waals surface area contributed by atoms with Crippen LogP contribution in [0.15, 0.2) is 28.7 Å². The average molecular weight is 299 g/mol. The number of nitrogens with zero attached hydrogens (tertiary/aromatic N) is 1. The van der Waals surface area contributed by atoms with Crippen LogP contribution in [0.1, 0.15) is 18.0 Å². The molecule has 3 nitrogen and oxygen atoms in total. The van der Waals surface area contributed by atoms with Gasteiger partial charge in [0.25, 0.3) is 0 Å². The second-order valence-corrected chi connectivity index (χ2v) is 5.36. The first-order chi connectivity index (χ1) is 8.24. The normalized spacial score (nSPS) is 22.9. The molecule has 17 heavy (non-hydrogen) atoms. The molecule has 2 rings (SSSR count). The molecular formula is C13H19BrN2O. The van der Waals surface area contributed by atoms with Gasteiger partial charge in [-0.25, -0.2) is 0 Å². The van der Waals surface area contributed by atoms with Gasteiger partial charge in [-0.2, -0.15) is 0 Å².